The van der Waals surface area contributed by atoms with Gasteiger partial charge in [-0.05, 0) is 42.5 Å². The molecule has 1 aromatic carbocycles. The van der Waals surface area contributed by atoms with Crippen LogP contribution in [0.5, 0.6) is 0 Å². The van der Waals surface area contributed by atoms with Crippen LogP contribution < -0.4 is 11.1 Å². The number of hydrogen-bond acceptors (Lipinski definition) is 3. The Kier molecular flexibility index (Phi) is 4.76. The second-order valence-electron chi connectivity index (χ2n) is 6.06. The molecule has 4 nitrogen and oxygen atoms in total. The van der Waals surface area contributed by atoms with E-state index >= 15 is 0 Å². The smallest absolute Gasteiger partial charge is 0.255 e. The number of carbonyl (C=O) groups excluding carboxylic acids is 1. The molecular weight excluding hydrogens is 295 g/mol. The zero-order valence-electron chi connectivity index (χ0n) is 12.9. The highest BCUT2D eigenvalue weighted by molar-refractivity contribution is 5.94. The zero-order valence-corrected chi connectivity index (χ0v) is 12.9. The summed E-state index contributed by atoms with van der Waals surface area (Å²) in [7, 11) is 0. The first-order valence-electron chi connectivity index (χ1n) is 8.01. The van der Waals surface area contributed by atoms with E-state index in [1.807, 2.05) is 6.07 Å². The van der Waals surface area contributed by atoms with Gasteiger partial charge in [0.15, 0.2) is 0 Å². The van der Waals surface area contributed by atoms with Crippen LogP contribution in [0.4, 0.5) is 4.39 Å². The molecule has 1 aliphatic carbocycles. The third kappa shape index (κ3) is 3.62. The molecule has 1 aliphatic rings. The van der Waals surface area contributed by atoms with Crippen LogP contribution in [0.3, 0.4) is 0 Å². The van der Waals surface area contributed by atoms with Gasteiger partial charge in [0, 0.05) is 0 Å². The summed E-state index contributed by atoms with van der Waals surface area (Å²) in [5.74, 6) is 0.406. The quantitative estimate of drug-likeness (QED) is 0.886. The lowest BCUT2D eigenvalue weighted by molar-refractivity contribution is 0.0921. The molecule has 2 aromatic rings. The highest BCUT2D eigenvalue weighted by atomic mass is 19.1. The summed E-state index contributed by atoms with van der Waals surface area (Å²) in [5.41, 5.74) is 6.77. The lowest BCUT2D eigenvalue weighted by atomic mass is 9.91. The number of nitrogens with one attached hydrogen (secondary N) is 1. The molecule has 0 radical (unpaired) electrons. The Balaban J connectivity index is 1.82. The van der Waals surface area contributed by atoms with E-state index in [1.54, 1.807) is 12.1 Å². The van der Waals surface area contributed by atoms with Gasteiger partial charge in [-0.15, -0.1) is 0 Å². The van der Waals surface area contributed by atoms with Gasteiger partial charge in [0.25, 0.3) is 5.91 Å². The molecule has 122 valence electrons. The van der Waals surface area contributed by atoms with Crippen LogP contribution in [0.15, 0.2) is 41.0 Å². The molecule has 0 saturated heterocycles. The van der Waals surface area contributed by atoms with Gasteiger partial charge in [0.2, 0.25) is 0 Å². The summed E-state index contributed by atoms with van der Waals surface area (Å²) >= 11 is 0. The molecule has 1 saturated carbocycles. The van der Waals surface area contributed by atoms with Crippen molar-refractivity contribution in [2.75, 3.05) is 0 Å². The minimum absolute atomic E-state index is 0.183. The van der Waals surface area contributed by atoms with Gasteiger partial charge >= 0.3 is 0 Å². The molecule has 3 N–H and O–H groups in total. The predicted octanol–water partition coefficient (Wildman–Crippen LogP) is 3.54. The van der Waals surface area contributed by atoms with Crippen molar-refractivity contribution in [1.82, 2.24) is 5.32 Å². The van der Waals surface area contributed by atoms with Crippen LogP contribution in [0, 0.1) is 11.7 Å². The fourth-order valence-corrected chi connectivity index (χ4v) is 3.30. The highest BCUT2D eigenvalue weighted by Crippen LogP contribution is 2.36. The SMILES string of the molecule is NCc1cc(C(=O)NC(c2cccc(F)c2)C2CCCC2)co1. The Morgan fingerprint density at radius 2 is 2.13 bits per heavy atom. The lowest BCUT2D eigenvalue weighted by Gasteiger charge is -2.25. The van der Waals surface area contributed by atoms with Crippen molar-refractivity contribution in [3.63, 3.8) is 0 Å². The van der Waals surface area contributed by atoms with Crippen LogP contribution in [0.2, 0.25) is 0 Å². The average molecular weight is 316 g/mol. The minimum Gasteiger partial charge on any atom is -0.467 e. The van der Waals surface area contributed by atoms with E-state index in [9.17, 15) is 9.18 Å². The van der Waals surface area contributed by atoms with E-state index in [-0.39, 0.29) is 24.3 Å². The van der Waals surface area contributed by atoms with Gasteiger partial charge in [-0.2, -0.15) is 0 Å². The lowest BCUT2D eigenvalue weighted by Crippen LogP contribution is -2.32. The first-order valence-corrected chi connectivity index (χ1v) is 8.01. The summed E-state index contributed by atoms with van der Waals surface area (Å²) < 4.78 is 18.8. The maximum absolute atomic E-state index is 13.6. The molecule has 1 heterocycles. The Labute approximate surface area is 134 Å². The van der Waals surface area contributed by atoms with Crippen LogP contribution in [0.25, 0.3) is 0 Å². The molecule has 3 rings (SSSR count). The molecule has 1 amide bonds. The molecule has 1 aromatic heterocycles. The summed E-state index contributed by atoms with van der Waals surface area (Å²) in [4.78, 5) is 12.5. The van der Waals surface area contributed by atoms with E-state index in [1.165, 1.54) is 18.4 Å². The molecule has 0 bridgehead atoms. The second kappa shape index (κ2) is 6.96. The predicted molar refractivity (Wildman–Crippen MR) is 85.2 cm³/mol. The van der Waals surface area contributed by atoms with Crippen molar-refractivity contribution in [3.05, 3.63) is 59.3 Å². The monoisotopic (exact) mass is 316 g/mol. The molecule has 1 fully saturated rings. The summed E-state index contributed by atoms with van der Waals surface area (Å²) in [6.07, 6.45) is 5.79. The first-order chi connectivity index (χ1) is 11.2. The molecule has 0 spiro atoms. The minimum atomic E-state index is -0.284. The van der Waals surface area contributed by atoms with Crippen LogP contribution >= 0.6 is 0 Å². The summed E-state index contributed by atoms with van der Waals surface area (Å²) in [5, 5.41) is 3.05. The largest absolute Gasteiger partial charge is 0.467 e. The van der Waals surface area contributed by atoms with Gasteiger partial charge < -0.3 is 15.5 Å². The maximum atomic E-state index is 13.6. The van der Waals surface area contributed by atoms with Crippen molar-refractivity contribution < 1.29 is 13.6 Å². The standard InChI is InChI=1S/C18H21FN2O2/c19-15-7-3-6-13(8-15)17(12-4-1-2-5-12)21-18(22)14-9-16(10-20)23-11-14/h3,6-9,11-12,17H,1-2,4-5,10,20H2,(H,21,22). The highest BCUT2D eigenvalue weighted by Gasteiger charge is 2.28. The number of benzene rings is 1. The Bertz CT molecular complexity index is 677. The molecule has 5 heteroatoms. The van der Waals surface area contributed by atoms with Gasteiger partial charge in [-0.25, -0.2) is 4.39 Å². The maximum Gasteiger partial charge on any atom is 0.255 e. The van der Waals surface area contributed by atoms with Crippen molar-refractivity contribution in [2.45, 2.75) is 38.3 Å². The van der Waals surface area contributed by atoms with E-state index in [2.05, 4.69) is 5.32 Å². The number of carbonyl (C=O) groups is 1. The third-order valence-corrected chi connectivity index (χ3v) is 4.48. The molecule has 1 unspecified atom stereocenters. The van der Waals surface area contributed by atoms with Crippen LogP contribution in [-0.2, 0) is 6.54 Å². The number of furan rings is 1. The average Bonchev–Trinajstić information content (AvgIpc) is 3.23. The van der Waals surface area contributed by atoms with E-state index < -0.39 is 0 Å². The topological polar surface area (TPSA) is 68.3 Å². The normalized spacial score (nSPS) is 16.4. The third-order valence-electron chi connectivity index (χ3n) is 4.48. The van der Waals surface area contributed by atoms with Crippen molar-refractivity contribution in [1.29, 1.82) is 0 Å². The first kappa shape index (κ1) is 15.7. The van der Waals surface area contributed by atoms with E-state index in [0.717, 1.165) is 31.2 Å². The number of hydrogen-bond donors (Lipinski definition) is 2. The van der Waals surface area contributed by atoms with E-state index in [0.29, 0.717) is 17.2 Å². The number of rotatable bonds is 5. The van der Waals surface area contributed by atoms with E-state index in [4.69, 9.17) is 10.2 Å². The molecule has 23 heavy (non-hydrogen) atoms. The van der Waals surface area contributed by atoms with Crippen molar-refractivity contribution in [2.24, 2.45) is 11.7 Å². The fraction of sp³-hybridized carbons (Fsp3) is 0.389. The van der Waals surface area contributed by atoms with Gasteiger partial charge in [0.1, 0.15) is 17.8 Å². The van der Waals surface area contributed by atoms with Gasteiger partial charge in [-0.1, -0.05) is 25.0 Å². The molecular formula is C18H21FN2O2. The number of amides is 1. The molecule has 1 atom stereocenters. The van der Waals surface area contributed by atoms with Gasteiger partial charge in [-0.3, -0.25) is 4.79 Å². The van der Waals surface area contributed by atoms with Gasteiger partial charge in [0.05, 0.1) is 18.2 Å². The Morgan fingerprint density at radius 1 is 1.35 bits per heavy atom. The summed E-state index contributed by atoms with van der Waals surface area (Å²) in [6, 6.07) is 7.94. The zero-order chi connectivity index (χ0) is 16.2. The molecule has 0 aliphatic heterocycles. The van der Waals surface area contributed by atoms with Crippen molar-refractivity contribution in [3.8, 4) is 0 Å². The summed E-state index contributed by atoms with van der Waals surface area (Å²) in [6.45, 7) is 0.253. The van der Waals surface area contributed by atoms with Crippen LogP contribution in [0.1, 0.15) is 53.4 Å². The number of halogens is 1. The van der Waals surface area contributed by atoms with Crippen LogP contribution in [-0.4, -0.2) is 5.91 Å². The second-order valence-corrected chi connectivity index (χ2v) is 6.06. The Hall–Kier alpha value is -2.14. The fourth-order valence-electron chi connectivity index (χ4n) is 3.30. The number of nitrogens with two attached hydrogens (primary N) is 1. The van der Waals surface area contributed by atoms with Crippen molar-refractivity contribution >= 4 is 5.91 Å². The Morgan fingerprint density at radius 3 is 2.78 bits per heavy atom.